The molecule has 4 nitrogen and oxygen atoms in total. The summed E-state index contributed by atoms with van der Waals surface area (Å²) in [4.78, 5) is 24.4. The van der Waals surface area contributed by atoms with Crippen molar-refractivity contribution in [2.24, 2.45) is 0 Å². The number of aromatic nitrogens is 2. The second-order valence-corrected chi connectivity index (χ2v) is 9.45. The first-order valence-electron chi connectivity index (χ1n) is 7.99. The molecule has 0 aliphatic rings. The summed E-state index contributed by atoms with van der Waals surface area (Å²) in [6.45, 7) is 2.84. The van der Waals surface area contributed by atoms with Gasteiger partial charge in [-0.2, -0.15) is 11.8 Å². The fourth-order valence-corrected chi connectivity index (χ4v) is 5.69. The van der Waals surface area contributed by atoms with Crippen molar-refractivity contribution in [2.75, 3.05) is 18.1 Å². The van der Waals surface area contributed by atoms with Crippen molar-refractivity contribution in [1.82, 2.24) is 15.3 Å². The van der Waals surface area contributed by atoms with E-state index in [1.165, 1.54) is 21.5 Å². The molecule has 3 rings (SSSR count). The Balaban J connectivity index is 1.41. The molecular weight excluding hydrogens is 390 g/mol. The molecule has 8 heteroatoms. The number of nitrogens with one attached hydrogen (secondary N) is 1. The summed E-state index contributed by atoms with van der Waals surface area (Å²) in [7, 11) is 0. The molecule has 0 fully saturated rings. The van der Waals surface area contributed by atoms with E-state index in [0.29, 0.717) is 12.3 Å². The van der Waals surface area contributed by atoms with Gasteiger partial charge in [0.25, 0.3) is 0 Å². The summed E-state index contributed by atoms with van der Waals surface area (Å²) in [5.41, 5.74) is 0. The molecule has 3 heterocycles. The van der Waals surface area contributed by atoms with Crippen LogP contribution in [0.15, 0.2) is 34.9 Å². The van der Waals surface area contributed by atoms with Crippen molar-refractivity contribution in [1.29, 1.82) is 0 Å². The summed E-state index contributed by atoms with van der Waals surface area (Å²) < 4.78 is 0. The average Bonchev–Trinajstić information content (AvgIpc) is 3.28. The Labute approximate surface area is 163 Å². The number of carbonyl (C=O) groups excluding carboxylic acids is 1. The molecule has 0 unspecified atom stereocenters. The molecule has 0 atom stereocenters. The van der Waals surface area contributed by atoms with Crippen LogP contribution in [0, 0.1) is 0 Å². The zero-order chi connectivity index (χ0) is 17.5. The zero-order valence-corrected chi connectivity index (χ0v) is 17.1. The van der Waals surface area contributed by atoms with Crippen LogP contribution in [0.1, 0.15) is 16.7 Å². The molecular formula is C17H19N3OS4. The van der Waals surface area contributed by atoms with E-state index in [-0.39, 0.29) is 5.91 Å². The molecule has 3 aromatic rings. The number of carbonyl (C=O) groups is 1. The van der Waals surface area contributed by atoms with E-state index in [4.69, 9.17) is 0 Å². The quantitative estimate of drug-likeness (QED) is 0.321. The number of nitrogens with zero attached hydrogens (tertiary/aromatic N) is 2. The predicted molar refractivity (Wildman–Crippen MR) is 111 cm³/mol. The van der Waals surface area contributed by atoms with Crippen molar-refractivity contribution >= 4 is 62.3 Å². The number of amides is 1. The first-order chi connectivity index (χ1) is 12.3. The van der Waals surface area contributed by atoms with Crippen LogP contribution in [0.25, 0.3) is 10.2 Å². The number of hydrogen-bond donors (Lipinski definition) is 1. The molecule has 0 aromatic carbocycles. The molecule has 3 aromatic heterocycles. The lowest BCUT2D eigenvalue weighted by Gasteiger charge is -2.05. The number of thiophene rings is 2. The Bertz CT molecular complexity index is 817. The van der Waals surface area contributed by atoms with Crippen LogP contribution >= 0.6 is 46.2 Å². The van der Waals surface area contributed by atoms with E-state index in [0.717, 1.165) is 33.2 Å². The normalized spacial score (nSPS) is 11.1. The van der Waals surface area contributed by atoms with Crippen LogP contribution in [0.4, 0.5) is 0 Å². The molecule has 0 spiro atoms. The maximum Gasteiger partial charge on any atom is 0.230 e. The molecule has 1 N–H and O–H groups in total. The van der Waals surface area contributed by atoms with Gasteiger partial charge in [0.05, 0.1) is 5.75 Å². The predicted octanol–water partition coefficient (Wildman–Crippen LogP) is 4.46. The highest BCUT2D eigenvalue weighted by atomic mass is 32.2. The average molecular weight is 410 g/mol. The standard InChI is InChI=1S/C17H19N3OS4/c1-2-12-8-14-16(19-11-20-17(14)25-12)24-10-15(21)18-5-7-22-9-13-4-3-6-23-13/h3-4,6,8,11H,2,5,7,9-10H2,1H3,(H,18,21). The van der Waals surface area contributed by atoms with Crippen molar-refractivity contribution in [3.63, 3.8) is 0 Å². The highest BCUT2D eigenvalue weighted by Crippen LogP contribution is 2.30. The lowest BCUT2D eigenvalue weighted by Crippen LogP contribution is -2.27. The van der Waals surface area contributed by atoms with Gasteiger partial charge in [-0.3, -0.25) is 4.79 Å². The summed E-state index contributed by atoms with van der Waals surface area (Å²) >= 11 is 6.80. The van der Waals surface area contributed by atoms with Gasteiger partial charge in [0, 0.05) is 33.2 Å². The third kappa shape index (κ3) is 5.44. The van der Waals surface area contributed by atoms with Gasteiger partial charge >= 0.3 is 0 Å². The van der Waals surface area contributed by atoms with Gasteiger partial charge in [-0.25, -0.2) is 9.97 Å². The van der Waals surface area contributed by atoms with Crippen LogP contribution in [0.2, 0.25) is 0 Å². The zero-order valence-electron chi connectivity index (χ0n) is 13.9. The lowest BCUT2D eigenvalue weighted by molar-refractivity contribution is -0.118. The lowest BCUT2D eigenvalue weighted by atomic mass is 10.3. The molecule has 0 aliphatic heterocycles. The van der Waals surface area contributed by atoms with E-state index >= 15 is 0 Å². The van der Waals surface area contributed by atoms with Crippen LogP contribution in [0.5, 0.6) is 0 Å². The maximum atomic E-state index is 12.0. The third-order valence-electron chi connectivity index (χ3n) is 3.43. The first-order valence-corrected chi connectivity index (χ1v) is 11.8. The fraction of sp³-hybridized carbons (Fsp3) is 0.353. The Hall–Kier alpha value is -1.09. The van der Waals surface area contributed by atoms with Gasteiger partial charge in [0.1, 0.15) is 16.2 Å². The van der Waals surface area contributed by atoms with Crippen LogP contribution in [-0.4, -0.2) is 33.9 Å². The van der Waals surface area contributed by atoms with Crippen LogP contribution < -0.4 is 5.32 Å². The Kier molecular flexibility index (Phi) is 7.15. The number of thioether (sulfide) groups is 2. The number of rotatable bonds is 9. The fourth-order valence-electron chi connectivity index (χ4n) is 2.19. The van der Waals surface area contributed by atoms with E-state index < -0.39 is 0 Å². The van der Waals surface area contributed by atoms with Crippen LogP contribution in [-0.2, 0) is 17.0 Å². The van der Waals surface area contributed by atoms with E-state index in [2.05, 4.69) is 45.8 Å². The van der Waals surface area contributed by atoms with Gasteiger partial charge in [-0.15, -0.1) is 22.7 Å². The van der Waals surface area contributed by atoms with Crippen molar-refractivity contribution in [3.05, 3.63) is 39.7 Å². The molecule has 1 amide bonds. The SMILES string of the molecule is CCc1cc2c(SCC(=O)NCCSCc3cccs3)ncnc2s1. The molecule has 0 saturated heterocycles. The molecule has 0 saturated carbocycles. The minimum atomic E-state index is 0.0550. The van der Waals surface area contributed by atoms with Gasteiger partial charge in [-0.05, 0) is 23.9 Å². The van der Waals surface area contributed by atoms with E-state index in [1.54, 1.807) is 29.0 Å². The second-order valence-electron chi connectivity index (χ2n) is 5.23. The summed E-state index contributed by atoms with van der Waals surface area (Å²) in [6.07, 6.45) is 2.58. The highest BCUT2D eigenvalue weighted by molar-refractivity contribution is 8.00. The molecule has 0 radical (unpaired) electrons. The number of fused-ring (bicyclic) bond motifs is 1. The first kappa shape index (κ1) is 18.7. The Morgan fingerprint density at radius 3 is 3.04 bits per heavy atom. The van der Waals surface area contributed by atoms with E-state index in [9.17, 15) is 4.79 Å². The monoisotopic (exact) mass is 409 g/mol. The van der Waals surface area contributed by atoms with Crippen LogP contribution in [0.3, 0.4) is 0 Å². The minimum absolute atomic E-state index is 0.0550. The summed E-state index contributed by atoms with van der Waals surface area (Å²) in [5, 5.41) is 7.03. The largest absolute Gasteiger partial charge is 0.355 e. The number of hydrogen-bond acceptors (Lipinski definition) is 7. The molecule has 0 aliphatic carbocycles. The smallest absolute Gasteiger partial charge is 0.230 e. The minimum Gasteiger partial charge on any atom is -0.355 e. The molecule has 0 bridgehead atoms. The Morgan fingerprint density at radius 1 is 1.32 bits per heavy atom. The van der Waals surface area contributed by atoms with Gasteiger partial charge in [0.15, 0.2) is 0 Å². The molecule has 25 heavy (non-hydrogen) atoms. The van der Waals surface area contributed by atoms with Crippen molar-refractivity contribution in [2.45, 2.75) is 24.1 Å². The third-order valence-corrected chi connectivity index (χ3v) is 7.69. The van der Waals surface area contributed by atoms with Gasteiger partial charge < -0.3 is 5.32 Å². The van der Waals surface area contributed by atoms with Crippen molar-refractivity contribution in [3.8, 4) is 0 Å². The summed E-state index contributed by atoms with van der Waals surface area (Å²) in [5.74, 6) is 2.38. The van der Waals surface area contributed by atoms with Crippen molar-refractivity contribution < 1.29 is 4.79 Å². The molecule has 132 valence electrons. The topological polar surface area (TPSA) is 54.9 Å². The maximum absolute atomic E-state index is 12.0. The second kappa shape index (κ2) is 9.56. The van der Waals surface area contributed by atoms with Gasteiger partial charge in [0.2, 0.25) is 5.91 Å². The summed E-state index contributed by atoms with van der Waals surface area (Å²) in [6, 6.07) is 6.35. The Morgan fingerprint density at radius 2 is 2.24 bits per heavy atom. The highest BCUT2D eigenvalue weighted by Gasteiger charge is 2.10. The van der Waals surface area contributed by atoms with Gasteiger partial charge in [-0.1, -0.05) is 24.8 Å². The van der Waals surface area contributed by atoms with E-state index in [1.807, 2.05) is 11.8 Å². The number of aryl methyl sites for hydroxylation is 1.